The highest BCUT2D eigenvalue weighted by molar-refractivity contribution is 6.30. The number of halogens is 1. The van der Waals surface area contributed by atoms with Crippen LogP contribution in [0.4, 0.5) is 0 Å². The summed E-state index contributed by atoms with van der Waals surface area (Å²) in [6, 6.07) is 8.26. The third-order valence-electron chi connectivity index (χ3n) is 3.68. The van der Waals surface area contributed by atoms with Crippen LogP contribution in [0.5, 0.6) is 5.75 Å². The predicted octanol–water partition coefficient (Wildman–Crippen LogP) is 2.79. The molecule has 1 fully saturated rings. The van der Waals surface area contributed by atoms with Gasteiger partial charge >= 0.3 is 0 Å². The minimum Gasteiger partial charge on any atom is -0.492 e. The molecule has 0 bridgehead atoms. The molecular formula is C15H23ClN2O. The molecule has 0 spiro atoms. The van der Waals surface area contributed by atoms with E-state index in [0.29, 0.717) is 12.6 Å². The largest absolute Gasteiger partial charge is 0.492 e. The number of nitrogens with one attached hydrogen (secondary N) is 1. The number of nitrogens with zero attached hydrogens (tertiary/aromatic N) is 1. The van der Waals surface area contributed by atoms with Crippen molar-refractivity contribution in [3.63, 3.8) is 0 Å². The highest BCUT2D eigenvalue weighted by Crippen LogP contribution is 2.17. The van der Waals surface area contributed by atoms with Crippen molar-refractivity contribution in [1.82, 2.24) is 10.2 Å². The second-order valence-corrected chi connectivity index (χ2v) is 5.56. The van der Waals surface area contributed by atoms with Crippen LogP contribution in [0.2, 0.25) is 5.02 Å². The average molecular weight is 283 g/mol. The Kier molecular flexibility index (Phi) is 5.95. The summed E-state index contributed by atoms with van der Waals surface area (Å²) in [5, 5.41) is 4.17. The lowest BCUT2D eigenvalue weighted by molar-refractivity contribution is 0.180. The van der Waals surface area contributed by atoms with Crippen molar-refractivity contribution in [2.75, 3.05) is 33.3 Å². The fourth-order valence-corrected chi connectivity index (χ4v) is 2.67. The Balaban J connectivity index is 1.72. The second kappa shape index (κ2) is 7.73. The first-order chi connectivity index (χ1) is 9.25. The van der Waals surface area contributed by atoms with E-state index in [1.54, 1.807) is 0 Å². The zero-order valence-corrected chi connectivity index (χ0v) is 12.3. The van der Waals surface area contributed by atoms with E-state index in [2.05, 4.69) is 17.3 Å². The van der Waals surface area contributed by atoms with Gasteiger partial charge in [-0.3, -0.25) is 4.90 Å². The summed E-state index contributed by atoms with van der Waals surface area (Å²) in [6.07, 6.45) is 3.78. The van der Waals surface area contributed by atoms with Crippen LogP contribution in [-0.4, -0.2) is 44.2 Å². The van der Waals surface area contributed by atoms with E-state index in [1.807, 2.05) is 24.3 Å². The lowest BCUT2D eigenvalue weighted by atomic mass is 10.1. The first-order valence-corrected chi connectivity index (χ1v) is 7.43. The molecule has 1 N–H and O–H groups in total. The first-order valence-electron chi connectivity index (χ1n) is 7.05. The summed E-state index contributed by atoms with van der Waals surface area (Å²) in [5.41, 5.74) is 0. The Morgan fingerprint density at radius 3 is 3.11 bits per heavy atom. The van der Waals surface area contributed by atoms with Gasteiger partial charge in [-0.25, -0.2) is 0 Å². The number of hydrogen-bond donors (Lipinski definition) is 1. The van der Waals surface area contributed by atoms with E-state index in [0.717, 1.165) is 30.4 Å². The molecule has 0 aromatic heterocycles. The number of rotatable bonds is 5. The molecule has 1 aliphatic rings. The predicted molar refractivity (Wildman–Crippen MR) is 80.1 cm³/mol. The van der Waals surface area contributed by atoms with E-state index in [1.165, 1.54) is 19.3 Å². The number of benzene rings is 1. The minimum absolute atomic E-state index is 0.679. The summed E-state index contributed by atoms with van der Waals surface area (Å²) in [5.74, 6) is 0.850. The fraction of sp³-hybridized carbons (Fsp3) is 0.600. The van der Waals surface area contributed by atoms with Crippen molar-refractivity contribution in [2.24, 2.45) is 0 Å². The summed E-state index contributed by atoms with van der Waals surface area (Å²) < 4.78 is 5.74. The van der Waals surface area contributed by atoms with Crippen molar-refractivity contribution in [1.29, 1.82) is 0 Å². The molecule has 4 heteroatoms. The molecule has 1 heterocycles. The van der Waals surface area contributed by atoms with Gasteiger partial charge in [0.25, 0.3) is 0 Å². The monoisotopic (exact) mass is 282 g/mol. The zero-order chi connectivity index (χ0) is 13.5. The molecule has 0 aliphatic carbocycles. The SMILES string of the molecule is CN(CCOc1cccc(Cl)c1)C1CCCNCC1. The van der Waals surface area contributed by atoms with E-state index in [4.69, 9.17) is 16.3 Å². The highest BCUT2D eigenvalue weighted by Gasteiger charge is 2.16. The molecule has 1 aromatic rings. The van der Waals surface area contributed by atoms with Gasteiger partial charge in [-0.15, -0.1) is 0 Å². The standard InChI is InChI=1S/C15H23ClN2O/c1-18(14-5-3-8-17-9-7-14)10-11-19-15-6-2-4-13(16)12-15/h2,4,6,12,14,17H,3,5,7-11H2,1H3. The Morgan fingerprint density at radius 1 is 1.37 bits per heavy atom. The second-order valence-electron chi connectivity index (χ2n) is 5.12. The van der Waals surface area contributed by atoms with Gasteiger partial charge < -0.3 is 10.1 Å². The summed E-state index contributed by atoms with van der Waals surface area (Å²) in [6.45, 7) is 3.95. The molecule has 0 amide bonds. The van der Waals surface area contributed by atoms with Gasteiger partial charge in [0.15, 0.2) is 0 Å². The van der Waals surface area contributed by atoms with Crippen LogP contribution in [0, 0.1) is 0 Å². The normalized spacial score (nSPS) is 20.3. The Labute approximate surface area is 120 Å². The van der Waals surface area contributed by atoms with Gasteiger partial charge in [-0.05, 0) is 57.6 Å². The molecule has 1 unspecified atom stereocenters. The molecule has 106 valence electrons. The van der Waals surface area contributed by atoms with Gasteiger partial charge in [-0.2, -0.15) is 0 Å². The van der Waals surface area contributed by atoms with Crippen LogP contribution in [0.15, 0.2) is 24.3 Å². The van der Waals surface area contributed by atoms with Crippen molar-refractivity contribution in [2.45, 2.75) is 25.3 Å². The lowest BCUT2D eigenvalue weighted by Gasteiger charge is -2.26. The molecule has 0 saturated carbocycles. The van der Waals surface area contributed by atoms with E-state index in [9.17, 15) is 0 Å². The molecule has 0 radical (unpaired) electrons. The fourth-order valence-electron chi connectivity index (χ4n) is 2.49. The van der Waals surface area contributed by atoms with E-state index < -0.39 is 0 Å². The summed E-state index contributed by atoms with van der Waals surface area (Å²) in [7, 11) is 2.19. The Morgan fingerprint density at radius 2 is 2.26 bits per heavy atom. The molecule has 1 aliphatic heterocycles. The van der Waals surface area contributed by atoms with Gasteiger partial charge in [0.1, 0.15) is 12.4 Å². The summed E-state index contributed by atoms with van der Waals surface area (Å²) in [4.78, 5) is 2.41. The van der Waals surface area contributed by atoms with Crippen LogP contribution in [0.25, 0.3) is 0 Å². The maximum Gasteiger partial charge on any atom is 0.120 e. The molecule has 2 rings (SSSR count). The minimum atomic E-state index is 0.679. The van der Waals surface area contributed by atoms with Crippen LogP contribution >= 0.6 is 11.6 Å². The first kappa shape index (κ1) is 14.6. The van der Waals surface area contributed by atoms with Gasteiger partial charge in [-0.1, -0.05) is 17.7 Å². The lowest BCUT2D eigenvalue weighted by Crippen LogP contribution is -2.35. The van der Waals surface area contributed by atoms with Crippen LogP contribution in [0.1, 0.15) is 19.3 Å². The highest BCUT2D eigenvalue weighted by atomic mass is 35.5. The van der Waals surface area contributed by atoms with Crippen molar-refractivity contribution in [3.8, 4) is 5.75 Å². The smallest absolute Gasteiger partial charge is 0.120 e. The Bertz CT molecular complexity index is 378. The molecular weight excluding hydrogens is 260 g/mol. The quantitative estimate of drug-likeness (QED) is 0.899. The molecule has 1 aromatic carbocycles. The number of likely N-dealkylation sites (N-methyl/N-ethyl adjacent to an activating group) is 1. The summed E-state index contributed by atoms with van der Waals surface area (Å²) >= 11 is 5.93. The van der Waals surface area contributed by atoms with Gasteiger partial charge in [0.2, 0.25) is 0 Å². The van der Waals surface area contributed by atoms with Crippen molar-refractivity contribution >= 4 is 11.6 Å². The van der Waals surface area contributed by atoms with E-state index >= 15 is 0 Å². The molecule has 3 nitrogen and oxygen atoms in total. The topological polar surface area (TPSA) is 24.5 Å². The van der Waals surface area contributed by atoms with Crippen LogP contribution in [0.3, 0.4) is 0 Å². The van der Waals surface area contributed by atoms with Gasteiger partial charge in [0, 0.05) is 17.6 Å². The van der Waals surface area contributed by atoms with Crippen LogP contribution < -0.4 is 10.1 Å². The van der Waals surface area contributed by atoms with E-state index in [-0.39, 0.29) is 0 Å². The van der Waals surface area contributed by atoms with Gasteiger partial charge in [0.05, 0.1) is 0 Å². The van der Waals surface area contributed by atoms with Crippen LogP contribution in [-0.2, 0) is 0 Å². The number of hydrogen-bond acceptors (Lipinski definition) is 3. The molecule has 1 saturated heterocycles. The molecule has 1 atom stereocenters. The number of ether oxygens (including phenoxy) is 1. The Hall–Kier alpha value is -0.770. The third-order valence-corrected chi connectivity index (χ3v) is 3.91. The van der Waals surface area contributed by atoms with Crippen molar-refractivity contribution < 1.29 is 4.74 Å². The average Bonchev–Trinajstić information content (AvgIpc) is 2.67. The third kappa shape index (κ3) is 5.01. The molecule has 19 heavy (non-hydrogen) atoms. The van der Waals surface area contributed by atoms with Crippen molar-refractivity contribution in [3.05, 3.63) is 29.3 Å². The zero-order valence-electron chi connectivity index (χ0n) is 11.6. The maximum atomic E-state index is 5.93. The maximum absolute atomic E-state index is 5.93.